The molecule has 6 aromatic rings. The van der Waals surface area contributed by atoms with Gasteiger partial charge >= 0.3 is 0 Å². The number of carbonyl (C=O) groups is 1. The smallest absolute Gasteiger partial charge is 0.162 e. The van der Waals surface area contributed by atoms with E-state index in [-0.39, 0.29) is 48.9 Å². The third-order valence-electron chi connectivity index (χ3n) is 9.52. The van der Waals surface area contributed by atoms with E-state index < -0.39 is 7.53 Å². The summed E-state index contributed by atoms with van der Waals surface area (Å²) >= 11 is 0. The van der Waals surface area contributed by atoms with Gasteiger partial charge in [-0.05, 0) is 58.4 Å². The molecule has 3 nitrogen and oxygen atoms in total. The van der Waals surface area contributed by atoms with Crippen LogP contribution in [0, 0.1) is 17.9 Å². The Labute approximate surface area is 307 Å². The number of hydrogen-bond donors (Lipinski definition) is 1. The van der Waals surface area contributed by atoms with Gasteiger partial charge in [-0.25, -0.2) is 0 Å². The molecule has 0 saturated carbocycles. The summed E-state index contributed by atoms with van der Waals surface area (Å²) in [7, 11) is -0.680. The average molecular weight is 847 g/mol. The second kappa shape index (κ2) is 16.9. The number of nitrogens with zero attached hydrogens (tertiary/aromatic N) is 1. The van der Waals surface area contributed by atoms with Gasteiger partial charge in [-0.2, -0.15) is 0 Å². The summed E-state index contributed by atoms with van der Waals surface area (Å²) in [5, 5.41) is 19.0. The molecule has 0 aliphatic rings. The fraction of sp³-hybridized carbons (Fsp3) is 0.318. The Bertz CT molecular complexity index is 2050. The molecule has 1 radical (unpaired) electrons. The number of benzene rings is 4. The monoisotopic (exact) mass is 847 g/mol. The summed E-state index contributed by atoms with van der Waals surface area (Å²) in [6.07, 6.45) is 6.87. The third-order valence-corrected chi connectivity index (χ3v) is 12.1. The zero-order chi connectivity index (χ0) is 34.4. The van der Waals surface area contributed by atoms with Crippen molar-refractivity contribution in [1.29, 1.82) is 0 Å². The van der Waals surface area contributed by atoms with Gasteiger partial charge in [-0.3, -0.25) is 9.78 Å². The Hall–Kier alpha value is -3.55. The van der Waals surface area contributed by atoms with Crippen LogP contribution in [0.25, 0.3) is 48.3 Å². The SMILES string of the molecule is CC(C)(C)c1cc(-c2nccc3c4ccccc4p(-c4ccccc4)c23)[c-]c2ccccc12.CCC(CC)C(=O)/C=C(\O)C(CC)CC.[Ir]. The quantitative estimate of drug-likeness (QED) is 0.0896. The third kappa shape index (κ3) is 8.26. The van der Waals surface area contributed by atoms with Gasteiger partial charge in [0.05, 0.1) is 5.76 Å². The number of aliphatic hydroxyl groups is 1. The number of carbonyl (C=O) groups excluding carboxylic acids is 1. The number of fused-ring (bicyclic) bond motifs is 4. The van der Waals surface area contributed by atoms with Crippen molar-refractivity contribution < 1.29 is 30.0 Å². The number of ketones is 1. The van der Waals surface area contributed by atoms with Gasteiger partial charge in [0.25, 0.3) is 0 Å². The van der Waals surface area contributed by atoms with Gasteiger partial charge in [0.15, 0.2) is 5.78 Å². The Kier molecular flexibility index (Phi) is 13.2. The second-order valence-electron chi connectivity index (χ2n) is 13.6. The largest absolute Gasteiger partial charge is 0.512 e. The number of pyridine rings is 1. The average Bonchev–Trinajstić information content (AvgIpc) is 3.44. The van der Waals surface area contributed by atoms with Gasteiger partial charge in [0.1, 0.15) is 0 Å². The number of aliphatic hydroxyl groups excluding tert-OH is 1. The van der Waals surface area contributed by atoms with Crippen molar-refractivity contribution >= 4 is 45.1 Å². The topological polar surface area (TPSA) is 50.2 Å². The van der Waals surface area contributed by atoms with E-state index >= 15 is 0 Å². The molecule has 49 heavy (non-hydrogen) atoms. The predicted molar refractivity (Wildman–Crippen MR) is 208 cm³/mol. The van der Waals surface area contributed by atoms with Crippen molar-refractivity contribution in [2.75, 3.05) is 0 Å². The van der Waals surface area contributed by atoms with E-state index in [4.69, 9.17) is 4.98 Å². The molecule has 2 heterocycles. The molecular weight excluding hydrogens is 798 g/mol. The Morgan fingerprint density at radius 3 is 2.02 bits per heavy atom. The molecule has 0 amide bonds. The summed E-state index contributed by atoms with van der Waals surface area (Å²) in [4.78, 5) is 16.7. The summed E-state index contributed by atoms with van der Waals surface area (Å²) in [5.74, 6) is 0.547. The van der Waals surface area contributed by atoms with E-state index in [9.17, 15) is 9.90 Å². The first-order valence-corrected chi connectivity index (χ1v) is 18.8. The van der Waals surface area contributed by atoms with Crippen molar-refractivity contribution in [3.63, 3.8) is 0 Å². The molecule has 6 rings (SSSR count). The molecular formula is C44H49IrNO2P-. The maximum absolute atomic E-state index is 11.7. The van der Waals surface area contributed by atoms with Crippen LogP contribution in [-0.4, -0.2) is 15.9 Å². The Morgan fingerprint density at radius 1 is 0.796 bits per heavy atom. The van der Waals surface area contributed by atoms with Crippen LogP contribution in [0.15, 0.2) is 109 Å². The van der Waals surface area contributed by atoms with Gasteiger partial charge in [-0.15, -0.1) is 29.1 Å². The molecule has 0 spiro atoms. The molecule has 0 aliphatic carbocycles. The summed E-state index contributed by atoms with van der Waals surface area (Å²) in [6, 6.07) is 36.6. The second-order valence-corrected chi connectivity index (χ2v) is 15.8. The normalized spacial score (nSPS) is 12.3. The fourth-order valence-corrected chi connectivity index (χ4v) is 9.46. The van der Waals surface area contributed by atoms with E-state index in [0.717, 1.165) is 42.3 Å². The zero-order valence-corrected chi connectivity index (χ0v) is 33.2. The van der Waals surface area contributed by atoms with Crippen molar-refractivity contribution in [3.05, 3.63) is 121 Å². The minimum absolute atomic E-state index is 0. The van der Waals surface area contributed by atoms with Crippen molar-refractivity contribution in [2.45, 2.75) is 79.6 Å². The molecule has 0 saturated heterocycles. The molecule has 0 bridgehead atoms. The van der Waals surface area contributed by atoms with Crippen LogP contribution in [0.5, 0.6) is 0 Å². The minimum Gasteiger partial charge on any atom is -0.512 e. The molecule has 5 heteroatoms. The first-order valence-electron chi connectivity index (χ1n) is 17.5. The molecule has 1 N–H and O–H groups in total. The van der Waals surface area contributed by atoms with Gasteiger partial charge in [0.2, 0.25) is 0 Å². The molecule has 4 aromatic carbocycles. The van der Waals surface area contributed by atoms with E-state index in [0.29, 0.717) is 0 Å². The molecule has 257 valence electrons. The first kappa shape index (κ1) is 38.3. The summed E-state index contributed by atoms with van der Waals surface area (Å²) in [5.41, 5.74) is 3.52. The van der Waals surface area contributed by atoms with Crippen molar-refractivity contribution in [2.24, 2.45) is 11.8 Å². The maximum atomic E-state index is 11.7. The van der Waals surface area contributed by atoms with E-state index in [2.05, 4.69) is 118 Å². The van der Waals surface area contributed by atoms with Crippen LogP contribution in [0.3, 0.4) is 0 Å². The Morgan fingerprint density at radius 2 is 1.39 bits per heavy atom. The fourth-order valence-electron chi connectivity index (χ4n) is 6.71. The molecule has 1 atom stereocenters. The van der Waals surface area contributed by atoms with E-state index in [1.807, 2.05) is 33.9 Å². The molecule has 2 aromatic heterocycles. The van der Waals surface area contributed by atoms with Gasteiger partial charge in [0, 0.05) is 55.0 Å². The minimum atomic E-state index is -0.680. The van der Waals surface area contributed by atoms with Crippen LogP contribution < -0.4 is 0 Å². The van der Waals surface area contributed by atoms with Crippen LogP contribution in [0.4, 0.5) is 0 Å². The maximum Gasteiger partial charge on any atom is 0.162 e. The summed E-state index contributed by atoms with van der Waals surface area (Å²) in [6.45, 7) is 14.9. The van der Waals surface area contributed by atoms with Crippen molar-refractivity contribution in [3.8, 4) is 16.6 Å². The van der Waals surface area contributed by atoms with Crippen LogP contribution >= 0.6 is 7.53 Å². The zero-order valence-electron chi connectivity index (χ0n) is 29.9. The first-order chi connectivity index (χ1) is 23.1. The van der Waals surface area contributed by atoms with Crippen molar-refractivity contribution in [1.82, 2.24) is 4.98 Å². The van der Waals surface area contributed by atoms with Crippen LogP contribution in [0.1, 0.15) is 79.7 Å². The number of aromatic nitrogens is 1. The predicted octanol–water partition coefficient (Wildman–Crippen LogP) is 13.1. The standard InChI is InChI=1S/C31H25NP.C13H24O2.Ir/c1-31(2,3)27-20-22(19-21-11-7-8-14-24(21)27)29-30-26(17-18-32-29)25-15-9-10-16-28(25)33(30)23-12-5-4-6-13-23;1-5-10(6-2)12(14)9-13(15)11(7-3)8-4;/h4-18,20H,1-3H3;9-11,14H,5-8H2,1-4H3;/q-1;;/b;12-9-;. The number of rotatable bonds is 9. The Balaban J connectivity index is 0.000000290. The molecule has 0 fully saturated rings. The van der Waals surface area contributed by atoms with E-state index in [1.165, 1.54) is 43.3 Å². The summed E-state index contributed by atoms with van der Waals surface area (Å²) < 4.78 is 0. The van der Waals surface area contributed by atoms with Gasteiger partial charge < -0.3 is 5.11 Å². The van der Waals surface area contributed by atoms with Crippen LogP contribution in [-0.2, 0) is 30.3 Å². The number of hydrogen-bond acceptors (Lipinski definition) is 3. The van der Waals surface area contributed by atoms with E-state index in [1.54, 1.807) is 0 Å². The van der Waals surface area contributed by atoms with Gasteiger partial charge in [-0.1, -0.05) is 140 Å². The number of allylic oxidation sites excluding steroid dienone is 2. The molecule has 1 unspecified atom stereocenters. The molecule has 0 aliphatic heterocycles. The van der Waals surface area contributed by atoms with Crippen LogP contribution in [0.2, 0.25) is 0 Å².